The third kappa shape index (κ3) is 3.49. The van der Waals surface area contributed by atoms with E-state index < -0.39 is 0 Å². The molecule has 0 radical (unpaired) electrons. The van der Waals surface area contributed by atoms with Crippen molar-refractivity contribution >= 4 is 11.6 Å². The summed E-state index contributed by atoms with van der Waals surface area (Å²) in [5, 5.41) is 11.7. The van der Waals surface area contributed by atoms with Gasteiger partial charge in [0.1, 0.15) is 0 Å². The highest BCUT2D eigenvalue weighted by molar-refractivity contribution is 5.92. The topological polar surface area (TPSA) is 71.3 Å². The number of aryl methyl sites for hydroxylation is 2. The highest BCUT2D eigenvalue weighted by Crippen LogP contribution is 2.28. The summed E-state index contributed by atoms with van der Waals surface area (Å²) in [4.78, 5) is 12.1. The van der Waals surface area contributed by atoms with E-state index in [1.165, 1.54) is 24.7 Å². The van der Waals surface area contributed by atoms with Crippen LogP contribution in [-0.2, 0) is 17.6 Å². The highest BCUT2D eigenvalue weighted by Gasteiger charge is 2.13. The predicted octanol–water partition coefficient (Wildman–Crippen LogP) is 3.07. The van der Waals surface area contributed by atoms with Gasteiger partial charge in [-0.05, 0) is 54.7 Å². The molecule has 3 rings (SSSR count). The lowest BCUT2D eigenvalue weighted by atomic mass is 10.1. The third-order valence-corrected chi connectivity index (χ3v) is 4.03. The average molecular weight is 322 g/mol. The molecule has 24 heavy (non-hydrogen) atoms. The fourth-order valence-corrected chi connectivity index (χ4v) is 2.85. The minimum absolute atomic E-state index is 0.126. The second-order valence-electron chi connectivity index (χ2n) is 5.65. The summed E-state index contributed by atoms with van der Waals surface area (Å²) in [5.74, 6) is 0.624. The van der Waals surface area contributed by atoms with Crippen LogP contribution in [0.25, 0.3) is 0 Å². The Hall–Kier alpha value is -3.00. The van der Waals surface area contributed by atoms with Crippen molar-refractivity contribution in [3.8, 4) is 17.6 Å². The van der Waals surface area contributed by atoms with Gasteiger partial charge >= 0.3 is 0 Å². The first-order valence-electron chi connectivity index (χ1n) is 7.82. The summed E-state index contributed by atoms with van der Waals surface area (Å²) in [6.45, 7) is -0.126. The molecule has 0 fully saturated rings. The van der Waals surface area contributed by atoms with Crippen LogP contribution in [-0.4, -0.2) is 19.6 Å². The van der Waals surface area contributed by atoms with Crippen molar-refractivity contribution in [2.45, 2.75) is 19.3 Å². The standard InChI is InChI=1S/C19H18N2O3/c1-23-18-9-13(11-20)5-8-17(18)24-12-19(22)21-16-7-6-14-3-2-4-15(14)10-16/h5-10H,2-4,12H2,1H3,(H,21,22). The lowest BCUT2D eigenvalue weighted by Gasteiger charge is -2.11. The van der Waals surface area contributed by atoms with Crippen molar-refractivity contribution in [2.75, 3.05) is 19.0 Å². The number of carbonyl (C=O) groups is 1. The normalized spacial score (nSPS) is 12.2. The Bertz CT molecular complexity index is 809. The van der Waals surface area contributed by atoms with Gasteiger partial charge in [0.15, 0.2) is 18.1 Å². The number of benzene rings is 2. The van der Waals surface area contributed by atoms with Gasteiger partial charge in [0, 0.05) is 11.8 Å². The lowest BCUT2D eigenvalue weighted by molar-refractivity contribution is -0.118. The molecule has 0 aromatic heterocycles. The van der Waals surface area contributed by atoms with Gasteiger partial charge in [-0.2, -0.15) is 5.26 Å². The Morgan fingerprint density at radius 2 is 2.00 bits per heavy atom. The smallest absolute Gasteiger partial charge is 0.262 e. The van der Waals surface area contributed by atoms with Crippen molar-refractivity contribution in [3.05, 3.63) is 53.1 Å². The molecule has 0 unspecified atom stereocenters. The van der Waals surface area contributed by atoms with E-state index in [0.29, 0.717) is 17.1 Å². The van der Waals surface area contributed by atoms with E-state index in [0.717, 1.165) is 18.5 Å². The van der Waals surface area contributed by atoms with Gasteiger partial charge in [0.2, 0.25) is 0 Å². The summed E-state index contributed by atoms with van der Waals surface area (Å²) >= 11 is 0. The van der Waals surface area contributed by atoms with E-state index in [2.05, 4.69) is 11.4 Å². The number of nitrogens with one attached hydrogen (secondary N) is 1. The minimum Gasteiger partial charge on any atom is -0.493 e. The van der Waals surface area contributed by atoms with E-state index in [4.69, 9.17) is 14.7 Å². The number of methoxy groups -OCH3 is 1. The number of hydrogen-bond donors (Lipinski definition) is 1. The Balaban J connectivity index is 1.61. The quantitative estimate of drug-likeness (QED) is 0.918. The summed E-state index contributed by atoms with van der Waals surface area (Å²) < 4.78 is 10.7. The van der Waals surface area contributed by atoms with E-state index in [-0.39, 0.29) is 12.5 Å². The fraction of sp³-hybridized carbons (Fsp3) is 0.263. The Kier molecular flexibility index (Phi) is 4.66. The Labute approximate surface area is 140 Å². The first kappa shape index (κ1) is 15.9. The van der Waals surface area contributed by atoms with Crippen LogP contribution in [0.3, 0.4) is 0 Å². The van der Waals surface area contributed by atoms with Crippen LogP contribution < -0.4 is 14.8 Å². The van der Waals surface area contributed by atoms with Crippen LogP contribution in [0, 0.1) is 11.3 Å². The van der Waals surface area contributed by atoms with Crippen molar-refractivity contribution in [2.24, 2.45) is 0 Å². The maximum Gasteiger partial charge on any atom is 0.262 e. The first-order chi connectivity index (χ1) is 11.7. The number of rotatable bonds is 5. The van der Waals surface area contributed by atoms with Crippen LogP contribution in [0.4, 0.5) is 5.69 Å². The van der Waals surface area contributed by atoms with Crippen LogP contribution in [0.2, 0.25) is 0 Å². The molecular weight excluding hydrogens is 304 g/mol. The molecule has 2 aromatic carbocycles. The lowest BCUT2D eigenvalue weighted by Crippen LogP contribution is -2.20. The molecule has 5 heteroatoms. The molecule has 0 aliphatic heterocycles. The number of carbonyl (C=O) groups excluding carboxylic acids is 1. The number of anilines is 1. The van der Waals surface area contributed by atoms with Crippen molar-refractivity contribution < 1.29 is 14.3 Å². The van der Waals surface area contributed by atoms with Gasteiger partial charge in [-0.25, -0.2) is 0 Å². The molecule has 1 aliphatic carbocycles. The first-order valence-corrected chi connectivity index (χ1v) is 7.82. The molecule has 1 aliphatic rings. The van der Waals surface area contributed by atoms with Gasteiger partial charge in [0.05, 0.1) is 18.7 Å². The van der Waals surface area contributed by atoms with Gasteiger partial charge < -0.3 is 14.8 Å². The SMILES string of the molecule is COc1cc(C#N)ccc1OCC(=O)Nc1ccc2c(c1)CCC2. The van der Waals surface area contributed by atoms with Crippen LogP contribution in [0.1, 0.15) is 23.1 Å². The molecule has 5 nitrogen and oxygen atoms in total. The molecule has 1 amide bonds. The molecule has 0 saturated carbocycles. The maximum absolute atomic E-state index is 12.1. The third-order valence-electron chi connectivity index (χ3n) is 4.03. The molecule has 0 atom stereocenters. The number of hydrogen-bond acceptors (Lipinski definition) is 4. The monoisotopic (exact) mass is 322 g/mol. The zero-order valence-corrected chi connectivity index (χ0v) is 13.5. The van der Waals surface area contributed by atoms with Crippen molar-refractivity contribution in [1.29, 1.82) is 5.26 Å². The molecule has 122 valence electrons. The average Bonchev–Trinajstić information content (AvgIpc) is 3.07. The molecular formula is C19H18N2O3. The van der Waals surface area contributed by atoms with E-state index in [9.17, 15) is 4.79 Å². The number of amides is 1. The van der Waals surface area contributed by atoms with E-state index in [1.807, 2.05) is 18.2 Å². The summed E-state index contributed by atoms with van der Waals surface area (Å²) in [5.41, 5.74) is 3.94. The Morgan fingerprint density at radius 3 is 2.79 bits per heavy atom. The van der Waals surface area contributed by atoms with Crippen molar-refractivity contribution in [1.82, 2.24) is 0 Å². The van der Waals surface area contributed by atoms with Gasteiger partial charge in [0.25, 0.3) is 5.91 Å². The zero-order valence-electron chi connectivity index (χ0n) is 13.5. The number of fused-ring (bicyclic) bond motifs is 1. The van der Waals surface area contributed by atoms with Crippen LogP contribution in [0.15, 0.2) is 36.4 Å². The molecule has 1 N–H and O–H groups in total. The summed E-state index contributed by atoms with van der Waals surface area (Å²) in [7, 11) is 1.49. The maximum atomic E-state index is 12.1. The fourth-order valence-electron chi connectivity index (χ4n) is 2.85. The second kappa shape index (κ2) is 7.05. The molecule has 0 bridgehead atoms. The zero-order chi connectivity index (χ0) is 16.9. The predicted molar refractivity (Wildman–Crippen MR) is 90.3 cm³/mol. The van der Waals surface area contributed by atoms with Crippen molar-refractivity contribution in [3.63, 3.8) is 0 Å². The molecule has 2 aromatic rings. The Morgan fingerprint density at radius 1 is 1.17 bits per heavy atom. The van der Waals surface area contributed by atoms with Crippen LogP contribution >= 0.6 is 0 Å². The number of ether oxygens (including phenoxy) is 2. The van der Waals surface area contributed by atoms with Crippen LogP contribution in [0.5, 0.6) is 11.5 Å². The molecule has 0 heterocycles. The second-order valence-corrected chi connectivity index (χ2v) is 5.65. The number of nitrogens with zero attached hydrogens (tertiary/aromatic N) is 1. The summed E-state index contributed by atoms with van der Waals surface area (Å²) in [6.07, 6.45) is 3.36. The molecule has 0 saturated heterocycles. The van der Waals surface area contributed by atoms with Gasteiger partial charge in [-0.3, -0.25) is 4.79 Å². The van der Waals surface area contributed by atoms with E-state index >= 15 is 0 Å². The number of nitriles is 1. The largest absolute Gasteiger partial charge is 0.493 e. The van der Waals surface area contributed by atoms with Gasteiger partial charge in [-0.15, -0.1) is 0 Å². The van der Waals surface area contributed by atoms with Gasteiger partial charge in [-0.1, -0.05) is 6.07 Å². The highest BCUT2D eigenvalue weighted by atomic mass is 16.5. The summed E-state index contributed by atoms with van der Waals surface area (Å²) in [6, 6.07) is 12.9. The minimum atomic E-state index is -0.237. The molecule has 0 spiro atoms. The van der Waals surface area contributed by atoms with E-state index in [1.54, 1.807) is 18.2 Å².